The van der Waals surface area contributed by atoms with Crippen LogP contribution >= 0.6 is 0 Å². The minimum atomic E-state index is -3.70. The molecule has 3 rings (SSSR count). The topological polar surface area (TPSA) is 115 Å². The summed E-state index contributed by atoms with van der Waals surface area (Å²) < 4.78 is 28.1. The van der Waals surface area contributed by atoms with Crippen molar-refractivity contribution in [3.63, 3.8) is 0 Å². The Morgan fingerprint density at radius 1 is 1.11 bits per heavy atom. The van der Waals surface area contributed by atoms with E-state index >= 15 is 0 Å². The molecular formula is C19H19N3O4S. The number of rotatable bonds is 6. The number of hydrogen-bond acceptors (Lipinski definition) is 5. The highest BCUT2D eigenvalue weighted by atomic mass is 32.2. The summed E-state index contributed by atoms with van der Waals surface area (Å²) in [4.78, 5) is 16.7. The Kier molecular flexibility index (Phi) is 5.38. The van der Waals surface area contributed by atoms with Crippen LogP contribution in [0.25, 0.3) is 11.5 Å². The van der Waals surface area contributed by atoms with E-state index in [0.29, 0.717) is 24.6 Å². The van der Waals surface area contributed by atoms with E-state index in [9.17, 15) is 13.2 Å². The first-order valence-electron chi connectivity index (χ1n) is 8.27. The quantitative estimate of drug-likeness (QED) is 0.675. The summed E-state index contributed by atoms with van der Waals surface area (Å²) in [6.45, 7) is 2.07. The Bertz CT molecular complexity index is 1040. The Hall–Kier alpha value is -2.97. The molecule has 0 bridgehead atoms. The number of primary sulfonamides is 1. The summed E-state index contributed by atoms with van der Waals surface area (Å²) in [6.07, 6.45) is 0.541. The van der Waals surface area contributed by atoms with Gasteiger partial charge < -0.3 is 9.73 Å². The molecule has 0 unspecified atom stereocenters. The van der Waals surface area contributed by atoms with Gasteiger partial charge in [0.2, 0.25) is 15.9 Å². The largest absolute Gasteiger partial charge is 0.441 e. The van der Waals surface area contributed by atoms with E-state index in [1.807, 2.05) is 30.3 Å². The standard InChI is InChI=1S/C19H19N3O4S/c1-13-17(22-19(26-13)15-5-3-2-4-6-15)18(23)21-12-11-14-7-9-16(10-8-14)27(20,24)25/h2-10H,11-12H2,1H3,(H,21,23)(H2,20,24,25). The predicted molar refractivity (Wildman–Crippen MR) is 101 cm³/mol. The van der Waals surface area contributed by atoms with Gasteiger partial charge >= 0.3 is 0 Å². The summed E-state index contributed by atoms with van der Waals surface area (Å²) >= 11 is 0. The monoisotopic (exact) mass is 385 g/mol. The number of amides is 1. The number of aromatic nitrogens is 1. The van der Waals surface area contributed by atoms with Crippen molar-refractivity contribution in [1.82, 2.24) is 10.3 Å². The highest BCUT2D eigenvalue weighted by molar-refractivity contribution is 7.89. The van der Waals surface area contributed by atoms with Gasteiger partial charge in [0.05, 0.1) is 4.90 Å². The number of hydrogen-bond donors (Lipinski definition) is 2. The molecule has 0 saturated heterocycles. The number of nitrogens with one attached hydrogen (secondary N) is 1. The SMILES string of the molecule is Cc1oc(-c2ccccc2)nc1C(=O)NCCc1ccc(S(N)(=O)=O)cc1. The summed E-state index contributed by atoms with van der Waals surface area (Å²) in [6, 6.07) is 15.6. The van der Waals surface area contributed by atoms with E-state index in [1.54, 1.807) is 19.1 Å². The maximum absolute atomic E-state index is 12.4. The summed E-state index contributed by atoms with van der Waals surface area (Å²) in [5, 5.41) is 7.86. The summed E-state index contributed by atoms with van der Waals surface area (Å²) in [5.74, 6) is 0.528. The molecule has 0 saturated carbocycles. The van der Waals surface area contributed by atoms with Gasteiger partial charge in [0.1, 0.15) is 5.76 Å². The fraction of sp³-hybridized carbons (Fsp3) is 0.158. The van der Waals surface area contributed by atoms with Crippen molar-refractivity contribution >= 4 is 15.9 Å². The van der Waals surface area contributed by atoms with Crippen molar-refractivity contribution in [1.29, 1.82) is 0 Å². The van der Waals surface area contributed by atoms with E-state index in [1.165, 1.54) is 12.1 Å². The second kappa shape index (κ2) is 7.73. The van der Waals surface area contributed by atoms with Gasteiger partial charge in [0, 0.05) is 12.1 Å². The molecule has 1 amide bonds. The average Bonchev–Trinajstić information content (AvgIpc) is 3.04. The molecule has 1 aromatic heterocycles. The highest BCUT2D eigenvalue weighted by Gasteiger charge is 2.17. The fourth-order valence-corrected chi connectivity index (χ4v) is 3.08. The second-order valence-electron chi connectivity index (χ2n) is 5.98. The van der Waals surface area contributed by atoms with Crippen molar-refractivity contribution in [2.24, 2.45) is 5.14 Å². The lowest BCUT2D eigenvalue weighted by Crippen LogP contribution is -2.26. The molecule has 3 aromatic rings. The molecule has 3 N–H and O–H groups in total. The van der Waals surface area contributed by atoms with E-state index in [-0.39, 0.29) is 16.5 Å². The van der Waals surface area contributed by atoms with E-state index in [4.69, 9.17) is 9.56 Å². The minimum Gasteiger partial charge on any atom is -0.441 e. The molecular weight excluding hydrogens is 366 g/mol. The molecule has 0 fully saturated rings. The first-order valence-corrected chi connectivity index (χ1v) is 9.82. The van der Waals surface area contributed by atoms with Crippen molar-refractivity contribution in [2.45, 2.75) is 18.2 Å². The van der Waals surface area contributed by atoms with Crippen LogP contribution < -0.4 is 10.5 Å². The number of aryl methyl sites for hydroxylation is 1. The summed E-state index contributed by atoms with van der Waals surface area (Å²) in [7, 11) is -3.70. The number of benzene rings is 2. The number of nitrogens with zero attached hydrogens (tertiary/aromatic N) is 1. The van der Waals surface area contributed by atoms with Crippen LogP contribution in [0.1, 0.15) is 21.8 Å². The van der Waals surface area contributed by atoms with Gasteiger partial charge in [0.25, 0.3) is 5.91 Å². The zero-order chi connectivity index (χ0) is 19.4. The Labute approximate surface area is 157 Å². The maximum Gasteiger partial charge on any atom is 0.273 e. The lowest BCUT2D eigenvalue weighted by atomic mass is 10.1. The molecule has 2 aromatic carbocycles. The van der Waals surface area contributed by atoms with Gasteiger partial charge in [-0.05, 0) is 43.2 Å². The molecule has 0 atom stereocenters. The zero-order valence-electron chi connectivity index (χ0n) is 14.7. The molecule has 140 valence electrons. The lowest BCUT2D eigenvalue weighted by molar-refractivity contribution is 0.0948. The Balaban J connectivity index is 1.61. The number of sulfonamides is 1. The second-order valence-corrected chi connectivity index (χ2v) is 7.55. The molecule has 27 heavy (non-hydrogen) atoms. The van der Waals surface area contributed by atoms with Gasteiger partial charge in [-0.25, -0.2) is 18.5 Å². The van der Waals surface area contributed by atoms with Crippen LogP contribution in [0.3, 0.4) is 0 Å². The van der Waals surface area contributed by atoms with Gasteiger partial charge in [-0.15, -0.1) is 0 Å². The van der Waals surface area contributed by atoms with Crippen LogP contribution in [0.15, 0.2) is 63.9 Å². The number of oxazole rings is 1. The summed E-state index contributed by atoms with van der Waals surface area (Å²) in [5.41, 5.74) is 1.93. The molecule has 0 spiro atoms. The van der Waals surface area contributed by atoms with Gasteiger partial charge in [-0.3, -0.25) is 4.79 Å². The smallest absolute Gasteiger partial charge is 0.273 e. The Morgan fingerprint density at radius 3 is 2.41 bits per heavy atom. The predicted octanol–water partition coefficient (Wildman–Crippen LogP) is 2.27. The van der Waals surface area contributed by atoms with Crippen LogP contribution in [0.5, 0.6) is 0 Å². The first-order chi connectivity index (χ1) is 12.8. The van der Waals surface area contributed by atoms with Crippen LogP contribution in [0, 0.1) is 6.92 Å². The normalized spacial score (nSPS) is 11.3. The molecule has 0 aliphatic rings. The lowest BCUT2D eigenvalue weighted by Gasteiger charge is -2.05. The first kappa shape index (κ1) is 18.8. The minimum absolute atomic E-state index is 0.0574. The maximum atomic E-state index is 12.4. The van der Waals surface area contributed by atoms with Crippen molar-refractivity contribution in [3.8, 4) is 11.5 Å². The molecule has 1 heterocycles. The van der Waals surface area contributed by atoms with Crippen molar-refractivity contribution in [3.05, 3.63) is 71.6 Å². The third-order valence-corrected chi connectivity index (χ3v) is 4.91. The van der Waals surface area contributed by atoms with Crippen LogP contribution in [0.2, 0.25) is 0 Å². The van der Waals surface area contributed by atoms with Gasteiger partial charge in [0.15, 0.2) is 5.69 Å². The molecule has 8 heteroatoms. The van der Waals surface area contributed by atoms with Gasteiger partial charge in [-0.1, -0.05) is 30.3 Å². The number of carbonyl (C=O) groups excluding carboxylic acids is 1. The molecule has 0 aliphatic carbocycles. The zero-order valence-corrected chi connectivity index (χ0v) is 15.5. The number of nitrogens with two attached hydrogens (primary N) is 1. The van der Waals surface area contributed by atoms with Crippen LogP contribution in [0.4, 0.5) is 0 Å². The number of carbonyl (C=O) groups is 1. The third-order valence-electron chi connectivity index (χ3n) is 3.98. The molecule has 7 nitrogen and oxygen atoms in total. The third kappa shape index (κ3) is 4.60. The Morgan fingerprint density at radius 2 is 1.78 bits per heavy atom. The van der Waals surface area contributed by atoms with E-state index in [2.05, 4.69) is 10.3 Å². The highest BCUT2D eigenvalue weighted by Crippen LogP contribution is 2.21. The van der Waals surface area contributed by atoms with E-state index < -0.39 is 10.0 Å². The average molecular weight is 385 g/mol. The van der Waals surface area contributed by atoms with Gasteiger partial charge in [-0.2, -0.15) is 0 Å². The van der Waals surface area contributed by atoms with Crippen LogP contribution in [-0.2, 0) is 16.4 Å². The van der Waals surface area contributed by atoms with Crippen molar-refractivity contribution in [2.75, 3.05) is 6.54 Å². The van der Waals surface area contributed by atoms with Crippen molar-refractivity contribution < 1.29 is 17.6 Å². The molecule has 0 aliphatic heterocycles. The fourth-order valence-electron chi connectivity index (χ4n) is 2.56. The van der Waals surface area contributed by atoms with E-state index in [0.717, 1.165) is 11.1 Å². The molecule has 0 radical (unpaired) electrons. The van der Waals surface area contributed by atoms with Crippen LogP contribution in [-0.4, -0.2) is 25.9 Å².